The smallest absolute Gasteiger partial charge is 0.339 e. The van der Waals surface area contributed by atoms with Gasteiger partial charge in [-0.15, -0.1) is 0 Å². The number of pyridine rings is 1. The molecule has 0 aliphatic heterocycles. The first-order chi connectivity index (χ1) is 6.60. The van der Waals surface area contributed by atoms with E-state index in [9.17, 15) is 4.79 Å². The molecule has 0 amide bonds. The highest BCUT2D eigenvalue weighted by Gasteiger charge is 2.15. The lowest BCUT2D eigenvalue weighted by Crippen LogP contribution is -2.06. The molecule has 6 heteroatoms. The Hall–Kier alpha value is -0.320. The number of aromatic nitrogens is 1. The average molecular weight is 299 g/mol. The summed E-state index contributed by atoms with van der Waals surface area (Å²) in [5.41, 5.74) is 0.824. The topological polar surface area (TPSA) is 39.2 Å². The van der Waals surface area contributed by atoms with Gasteiger partial charge in [0.25, 0.3) is 0 Å². The van der Waals surface area contributed by atoms with Crippen molar-refractivity contribution < 1.29 is 9.53 Å². The van der Waals surface area contributed by atoms with Crippen LogP contribution in [0.5, 0.6) is 0 Å². The number of hydrogen-bond acceptors (Lipinski definition) is 3. The summed E-state index contributed by atoms with van der Waals surface area (Å²) in [5, 5.41) is 0.819. The van der Waals surface area contributed by atoms with Gasteiger partial charge in [0.1, 0.15) is 5.15 Å². The summed E-state index contributed by atoms with van der Waals surface area (Å²) in [6, 6.07) is 1.44. The van der Waals surface area contributed by atoms with Crippen LogP contribution in [0.25, 0.3) is 0 Å². The van der Waals surface area contributed by atoms with Gasteiger partial charge >= 0.3 is 5.97 Å². The Morgan fingerprint density at radius 3 is 2.79 bits per heavy atom. The van der Waals surface area contributed by atoms with Crippen LogP contribution in [0.3, 0.4) is 0 Å². The Morgan fingerprint density at radius 1 is 1.64 bits per heavy atom. The predicted molar refractivity (Wildman–Crippen MR) is 58.2 cm³/mol. The number of ether oxygens (including phenoxy) is 1. The molecule has 1 aromatic heterocycles. The third-order valence-corrected chi connectivity index (χ3v) is 2.75. The van der Waals surface area contributed by atoms with Crippen molar-refractivity contribution in [1.29, 1.82) is 0 Å². The SMILES string of the molecule is COC(=O)c1cc(Cl)c(Cl)nc1CBr. The molecule has 0 aliphatic rings. The van der Waals surface area contributed by atoms with Gasteiger partial charge in [-0.1, -0.05) is 39.1 Å². The summed E-state index contributed by atoms with van der Waals surface area (Å²) < 4.78 is 4.57. The molecule has 1 aromatic rings. The molecule has 3 nitrogen and oxygen atoms in total. The maximum Gasteiger partial charge on any atom is 0.339 e. The molecule has 1 rings (SSSR count). The quantitative estimate of drug-likeness (QED) is 0.478. The number of nitrogens with zero attached hydrogens (tertiary/aromatic N) is 1. The molecular weight excluding hydrogens is 293 g/mol. The van der Waals surface area contributed by atoms with E-state index in [0.717, 1.165) is 0 Å². The van der Waals surface area contributed by atoms with Crippen LogP contribution in [0.2, 0.25) is 10.2 Å². The van der Waals surface area contributed by atoms with Crippen LogP contribution in [-0.2, 0) is 10.1 Å². The third kappa shape index (κ3) is 2.38. The second-order valence-corrected chi connectivity index (χ2v) is 3.71. The van der Waals surface area contributed by atoms with Crippen molar-refractivity contribution in [3.05, 3.63) is 27.5 Å². The molecule has 0 saturated heterocycles. The molecule has 0 unspecified atom stereocenters. The van der Waals surface area contributed by atoms with Gasteiger partial charge in [0.15, 0.2) is 0 Å². The molecule has 0 spiro atoms. The van der Waals surface area contributed by atoms with E-state index in [1.165, 1.54) is 13.2 Å². The first-order valence-corrected chi connectivity index (χ1v) is 5.47. The highest BCUT2D eigenvalue weighted by Crippen LogP contribution is 2.24. The van der Waals surface area contributed by atoms with Crippen LogP contribution < -0.4 is 0 Å². The monoisotopic (exact) mass is 297 g/mol. The molecule has 0 radical (unpaired) electrons. The lowest BCUT2D eigenvalue weighted by atomic mass is 10.2. The van der Waals surface area contributed by atoms with Gasteiger partial charge in [-0.05, 0) is 6.07 Å². The second kappa shape index (κ2) is 4.96. The van der Waals surface area contributed by atoms with E-state index in [-0.39, 0.29) is 10.2 Å². The minimum Gasteiger partial charge on any atom is -0.465 e. The minimum absolute atomic E-state index is 0.175. The molecule has 0 atom stereocenters. The van der Waals surface area contributed by atoms with Gasteiger partial charge in [-0.3, -0.25) is 0 Å². The van der Waals surface area contributed by atoms with Crippen molar-refractivity contribution in [2.24, 2.45) is 0 Å². The largest absolute Gasteiger partial charge is 0.465 e. The van der Waals surface area contributed by atoms with Crippen molar-refractivity contribution in [2.75, 3.05) is 7.11 Å². The van der Waals surface area contributed by atoms with Gasteiger partial charge < -0.3 is 4.74 Å². The van der Waals surface area contributed by atoms with E-state index in [1.54, 1.807) is 0 Å². The molecule has 0 fully saturated rings. The van der Waals surface area contributed by atoms with E-state index in [4.69, 9.17) is 23.2 Å². The summed E-state index contributed by atoms with van der Waals surface area (Å²) in [7, 11) is 1.29. The molecule has 0 aliphatic carbocycles. The number of esters is 1. The molecule has 0 aromatic carbocycles. The van der Waals surface area contributed by atoms with E-state index in [0.29, 0.717) is 16.6 Å². The second-order valence-electron chi connectivity index (χ2n) is 2.38. The highest BCUT2D eigenvalue weighted by atomic mass is 79.9. The van der Waals surface area contributed by atoms with Gasteiger partial charge in [-0.25, -0.2) is 9.78 Å². The highest BCUT2D eigenvalue weighted by molar-refractivity contribution is 9.08. The molecule has 1 heterocycles. The van der Waals surface area contributed by atoms with E-state index in [1.807, 2.05) is 0 Å². The summed E-state index contributed by atoms with van der Waals surface area (Å²) in [6.45, 7) is 0. The van der Waals surface area contributed by atoms with Crippen LogP contribution in [0.15, 0.2) is 6.07 Å². The van der Waals surface area contributed by atoms with Crippen molar-refractivity contribution >= 4 is 45.1 Å². The minimum atomic E-state index is -0.481. The van der Waals surface area contributed by atoms with Crippen molar-refractivity contribution in [1.82, 2.24) is 4.98 Å². The fourth-order valence-electron chi connectivity index (χ4n) is 0.890. The van der Waals surface area contributed by atoms with Crippen LogP contribution in [0.1, 0.15) is 16.1 Å². The number of halogens is 3. The fraction of sp³-hybridized carbons (Fsp3) is 0.250. The normalized spacial score (nSPS) is 10.0. The number of rotatable bonds is 2. The number of carbonyl (C=O) groups is 1. The van der Waals surface area contributed by atoms with Crippen LogP contribution in [0, 0.1) is 0 Å². The van der Waals surface area contributed by atoms with Crippen LogP contribution >= 0.6 is 39.1 Å². The Bertz CT molecular complexity index is 371. The first kappa shape index (κ1) is 11.8. The first-order valence-electron chi connectivity index (χ1n) is 3.59. The Morgan fingerprint density at radius 2 is 2.29 bits per heavy atom. The van der Waals surface area contributed by atoms with Gasteiger partial charge in [0.2, 0.25) is 0 Å². The average Bonchev–Trinajstić information content (AvgIpc) is 2.20. The zero-order valence-corrected chi connectivity index (χ0v) is 10.3. The van der Waals surface area contributed by atoms with Crippen molar-refractivity contribution in [3.63, 3.8) is 0 Å². The number of alkyl halides is 1. The zero-order chi connectivity index (χ0) is 10.7. The molecule has 0 saturated carbocycles. The lowest BCUT2D eigenvalue weighted by Gasteiger charge is -2.05. The molecule has 76 valence electrons. The number of carbonyl (C=O) groups excluding carboxylic acids is 1. The Labute approximate surface area is 99.5 Å². The lowest BCUT2D eigenvalue weighted by molar-refractivity contribution is 0.0599. The molecular formula is C8H6BrCl2NO2. The van der Waals surface area contributed by atoms with Gasteiger partial charge in [0.05, 0.1) is 23.4 Å². The summed E-state index contributed by atoms with van der Waals surface area (Å²) in [5.74, 6) is -0.481. The standard InChI is InChI=1S/C8H6BrCl2NO2/c1-14-8(13)4-2-5(10)7(11)12-6(4)3-9/h2H,3H2,1H3. The van der Waals surface area contributed by atoms with Gasteiger partial charge in [0, 0.05) is 5.33 Å². The van der Waals surface area contributed by atoms with Crippen molar-refractivity contribution in [2.45, 2.75) is 5.33 Å². The zero-order valence-electron chi connectivity index (χ0n) is 7.18. The molecule has 0 N–H and O–H groups in total. The van der Waals surface area contributed by atoms with Crippen molar-refractivity contribution in [3.8, 4) is 0 Å². The Kier molecular flexibility index (Phi) is 4.16. The maximum absolute atomic E-state index is 11.3. The predicted octanol–water partition coefficient (Wildman–Crippen LogP) is 3.07. The summed E-state index contributed by atoms with van der Waals surface area (Å²) in [6.07, 6.45) is 0. The maximum atomic E-state index is 11.3. The molecule has 0 bridgehead atoms. The van der Waals surface area contributed by atoms with E-state index >= 15 is 0 Å². The van der Waals surface area contributed by atoms with E-state index < -0.39 is 5.97 Å². The van der Waals surface area contributed by atoms with Crippen LogP contribution in [0.4, 0.5) is 0 Å². The summed E-state index contributed by atoms with van der Waals surface area (Å²) in [4.78, 5) is 15.2. The van der Waals surface area contributed by atoms with Crippen LogP contribution in [-0.4, -0.2) is 18.1 Å². The van der Waals surface area contributed by atoms with Gasteiger partial charge in [-0.2, -0.15) is 0 Å². The fourth-order valence-corrected chi connectivity index (χ4v) is 1.63. The third-order valence-electron chi connectivity index (χ3n) is 1.54. The number of hydrogen-bond donors (Lipinski definition) is 0. The van der Waals surface area contributed by atoms with E-state index in [2.05, 4.69) is 25.7 Å². The Balaban J connectivity index is 3.27. The summed E-state index contributed by atoms with van der Waals surface area (Å²) >= 11 is 14.6. The molecule has 14 heavy (non-hydrogen) atoms. The number of methoxy groups -OCH3 is 1.